The third-order valence-electron chi connectivity index (χ3n) is 1.25. The molecule has 0 fully saturated rings. The molecule has 56 valence electrons. The third-order valence-corrected chi connectivity index (χ3v) is 1.25. The highest BCUT2D eigenvalue weighted by Crippen LogP contribution is 1.99. The molecule has 0 aromatic rings. The van der Waals surface area contributed by atoms with Gasteiger partial charge in [-0.2, -0.15) is 0 Å². The molecule has 0 aromatic heterocycles. The summed E-state index contributed by atoms with van der Waals surface area (Å²) in [5.41, 5.74) is 0. The van der Waals surface area contributed by atoms with Crippen LogP contribution in [0.2, 0.25) is 0 Å². The second-order valence-corrected chi connectivity index (χ2v) is 2.25. The zero-order valence-corrected chi connectivity index (χ0v) is 6.26. The summed E-state index contributed by atoms with van der Waals surface area (Å²) in [5.74, 6) is 0. The molecule has 0 heterocycles. The number of hydrogen-bond acceptors (Lipinski definition) is 2. The van der Waals surface area contributed by atoms with Crippen molar-refractivity contribution in [3.63, 3.8) is 0 Å². The van der Waals surface area contributed by atoms with Crippen molar-refractivity contribution in [2.45, 2.75) is 32.3 Å². The Labute approximate surface area is 56.8 Å². The maximum Gasteiger partial charge on any atom is 0.0773 e. The molecule has 2 nitrogen and oxygen atoms in total. The van der Waals surface area contributed by atoms with Crippen LogP contribution in [0.5, 0.6) is 0 Å². The van der Waals surface area contributed by atoms with E-state index in [1.165, 1.54) is 0 Å². The van der Waals surface area contributed by atoms with E-state index in [0.29, 0.717) is 6.61 Å². The summed E-state index contributed by atoms with van der Waals surface area (Å²) < 4.78 is 4.75. The Kier molecular flexibility index (Phi) is 5.99. The molecule has 1 atom stereocenters. The van der Waals surface area contributed by atoms with Gasteiger partial charge in [-0.05, 0) is 6.42 Å². The van der Waals surface area contributed by atoms with Crippen LogP contribution in [0.25, 0.3) is 0 Å². The molecular weight excluding hydrogens is 116 g/mol. The Bertz CT molecular complexity index is 54.9. The fraction of sp³-hybridized carbons (Fsp3) is 1.00. The summed E-state index contributed by atoms with van der Waals surface area (Å²) in [4.78, 5) is 0. The quantitative estimate of drug-likeness (QED) is 0.608. The van der Waals surface area contributed by atoms with Crippen LogP contribution in [0.3, 0.4) is 0 Å². The summed E-state index contributed by atoms with van der Waals surface area (Å²) in [7, 11) is 1.61. The molecule has 2 heteroatoms. The van der Waals surface area contributed by atoms with E-state index >= 15 is 0 Å². The Balaban J connectivity index is 2.95. The van der Waals surface area contributed by atoms with E-state index in [1.54, 1.807) is 7.11 Å². The van der Waals surface area contributed by atoms with Gasteiger partial charge >= 0.3 is 0 Å². The lowest BCUT2D eigenvalue weighted by Crippen LogP contribution is -2.13. The van der Waals surface area contributed by atoms with Crippen LogP contribution in [0.1, 0.15) is 26.2 Å². The molecule has 0 rings (SSSR count). The molecule has 1 N–H and O–H groups in total. The average Bonchev–Trinajstić information content (AvgIpc) is 1.85. The van der Waals surface area contributed by atoms with Crippen LogP contribution in [0.4, 0.5) is 0 Å². The van der Waals surface area contributed by atoms with E-state index in [4.69, 9.17) is 9.84 Å². The minimum atomic E-state index is -0.255. The Morgan fingerprint density at radius 3 is 2.67 bits per heavy atom. The second-order valence-electron chi connectivity index (χ2n) is 2.25. The van der Waals surface area contributed by atoms with Gasteiger partial charge in [-0.15, -0.1) is 0 Å². The minimum absolute atomic E-state index is 0.255. The first kappa shape index (κ1) is 8.92. The molecule has 0 unspecified atom stereocenters. The van der Waals surface area contributed by atoms with E-state index < -0.39 is 0 Å². The van der Waals surface area contributed by atoms with E-state index in [1.807, 2.05) is 0 Å². The topological polar surface area (TPSA) is 29.5 Å². The smallest absolute Gasteiger partial charge is 0.0773 e. The fourth-order valence-electron chi connectivity index (χ4n) is 0.715. The zero-order chi connectivity index (χ0) is 7.11. The molecule has 0 aromatic carbocycles. The molecule has 0 aliphatic rings. The van der Waals surface area contributed by atoms with Crippen molar-refractivity contribution in [1.82, 2.24) is 0 Å². The van der Waals surface area contributed by atoms with Crippen LogP contribution in [-0.2, 0) is 4.74 Å². The lowest BCUT2D eigenvalue weighted by Gasteiger charge is -2.06. The highest BCUT2D eigenvalue weighted by atomic mass is 16.5. The summed E-state index contributed by atoms with van der Waals surface area (Å²) in [6.45, 7) is 2.58. The van der Waals surface area contributed by atoms with Crippen LogP contribution in [-0.4, -0.2) is 24.9 Å². The molecule has 0 amide bonds. The van der Waals surface area contributed by atoms with Gasteiger partial charge in [0.05, 0.1) is 12.7 Å². The molecule has 9 heavy (non-hydrogen) atoms. The van der Waals surface area contributed by atoms with Crippen LogP contribution in [0, 0.1) is 0 Å². The fourth-order valence-corrected chi connectivity index (χ4v) is 0.715. The molecule has 0 aliphatic heterocycles. The van der Waals surface area contributed by atoms with Crippen molar-refractivity contribution in [3.05, 3.63) is 0 Å². The van der Waals surface area contributed by atoms with Gasteiger partial charge < -0.3 is 9.84 Å². The number of methoxy groups -OCH3 is 1. The normalized spacial score (nSPS) is 13.7. The summed E-state index contributed by atoms with van der Waals surface area (Å²) in [6.07, 6.45) is 2.84. The SMILES string of the molecule is CCCC[C@H](O)COC. The number of aliphatic hydroxyl groups excluding tert-OH is 1. The number of aliphatic hydroxyl groups is 1. The molecule has 0 aliphatic carbocycles. The van der Waals surface area contributed by atoms with Gasteiger partial charge in [0.15, 0.2) is 0 Å². The van der Waals surface area contributed by atoms with Crippen LogP contribution in [0.15, 0.2) is 0 Å². The monoisotopic (exact) mass is 132 g/mol. The predicted molar refractivity (Wildman–Crippen MR) is 37.4 cm³/mol. The van der Waals surface area contributed by atoms with Gasteiger partial charge in [0, 0.05) is 7.11 Å². The van der Waals surface area contributed by atoms with E-state index in [-0.39, 0.29) is 6.10 Å². The molecular formula is C7H16O2. The molecule has 0 saturated heterocycles. The highest BCUT2D eigenvalue weighted by molar-refractivity contribution is 4.51. The van der Waals surface area contributed by atoms with Gasteiger partial charge in [0.1, 0.15) is 0 Å². The van der Waals surface area contributed by atoms with Gasteiger partial charge in [0.25, 0.3) is 0 Å². The Morgan fingerprint density at radius 1 is 1.56 bits per heavy atom. The summed E-state index contributed by atoms with van der Waals surface area (Å²) in [6, 6.07) is 0. The maximum atomic E-state index is 9.06. The van der Waals surface area contributed by atoms with Crippen LogP contribution >= 0.6 is 0 Å². The van der Waals surface area contributed by atoms with Gasteiger partial charge in [-0.1, -0.05) is 19.8 Å². The van der Waals surface area contributed by atoms with Crippen molar-refractivity contribution in [3.8, 4) is 0 Å². The molecule has 0 spiro atoms. The Hall–Kier alpha value is -0.0800. The molecule has 0 bridgehead atoms. The Morgan fingerprint density at radius 2 is 2.22 bits per heavy atom. The van der Waals surface area contributed by atoms with E-state index in [0.717, 1.165) is 19.3 Å². The summed E-state index contributed by atoms with van der Waals surface area (Å²) >= 11 is 0. The van der Waals surface area contributed by atoms with Crippen molar-refractivity contribution >= 4 is 0 Å². The second kappa shape index (κ2) is 6.05. The first-order valence-electron chi connectivity index (χ1n) is 3.48. The minimum Gasteiger partial charge on any atom is -0.391 e. The first-order valence-corrected chi connectivity index (χ1v) is 3.48. The van der Waals surface area contributed by atoms with Crippen molar-refractivity contribution in [2.24, 2.45) is 0 Å². The highest BCUT2D eigenvalue weighted by Gasteiger charge is 1.99. The van der Waals surface area contributed by atoms with Gasteiger partial charge in [0.2, 0.25) is 0 Å². The summed E-state index contributed by atoms with van der Waals surface area (Å²) in [5, 5.41) is 9.06. The van der Waals surface area contributed by atoms with Crippen LogP contribution < -0.4 is 0 Å². The number of rotatable bonds is 5. The molecule has 0 saturated carbocycles. The standard InChI is InChI=1S/C7H16O2/c1-3-4-5-7(8)6-9-2/h7-8H,3-6H2,1-2H3/t7-/m0/s1. The lowest BCUT2D eigenvalue weighted by atomic mass is 10.2. The van der Waals surface area contributed by atoms with Crippen molar-refractivity contribution in [2.75, 3.05) is 13.7 Å². The largest absolute Gasteiger partial charge is 0.391 e. The maximum absolute atomic E-state index is 9.06. The molecule has 0 radical (unpaired) electrons. The van der Waals surface area contributed by atoms with E-state index in [2.05, 4.69) is 6.92 Å². The zero-order valence-electron chi connectivity index (χ0n) is 6.26. The van der Waals surface area contributed by atoms with Gasteiger partial charge in [-0.25, -0.2) is 0 Å². The average molecular weight is 132 g/mol. The van der Waals surface area contributed by atoms with Crippen molar-refractivity contribution in [1.29, 1.82) is 0 Å². The number of hydrogen-bond donors (Lipinski definition) is 1. The predicted octanol–water partition coefficient (Wildman–Crippen LogP) is 1.18. The van der Waals surface area contributed by atoms with Crippen molar-refractivity contribution < 1.29 is 9.84 Å². The van der Waals surface area contributed by atoms with Gasteiger partial charge in [-0.3, -0.25) is 0 Å². The number of ether oxygens (including phenoxy) is 1. The lowest BCUT2D eigenvalue weighted by molar-refractivity contribution is 0.0579. The van der Waals surface area contributed by atoms with E-state index in [9.17, 15) is 0 Å². The first-order chi connectivity index (χ1) is 4.31. The third kappa shape index (κ3) is 5.80. The number of unbranched alkanes of at least 4 members (excludes halogenated alkanes) is 1.